The third-order valence-electron chi connectivity index (χ3n) is 14.5. The van der Waals surface area contributed by atoms with Crippen LogP contribution < -0.4 is 4.90 Å². The molecule has 326 valence electrons. The molecule has 0 saturated carbocycles. The zero-order chi connectivity index (χ0) is 45.7. The van der Waals surface area contributed by atoms with Gasteiger partial charge in [-0.3, -0.25) is 0 Å². The van der Waals surface area contributed by atoms with Gasteiger partial charge >= 0.3 is 0 Å². The molecule has 0 spiro atoms. The number of aromatic nitrogens is 1. The van der Waals surface area contributed by atoms with E-state index in [4.69, 9.17) is 0 Å². The highest BCUT2D eigenvalue weighted by molar-refractivity contribution is 6.10. The fourth-order valence-corrected chi connectivity index (χ4v) is 11.3. The number of para-hydroxylation sites is 2. The van der Waals surface area contributed by atoms with Gasteiger partial charge in [0.25, 0.3) is 0 Å². The second-order valence-electron chi connectivity index (χ2n) is 18.3. The van der Waals surface area contributed by atoms with Gasteiger partial charge in [0.15, 0.2) is 0 Å². The van der Waals surface area contributed by atoms with Crippen LogP contribution >= 0.6 is 0 Å². The molecule has 0 aliphatic heterocycles. The number of allylic oxidation sites excluding steroid dienone is 4. The van der Waals surface area contributed by atoms with Crippen molar-refractivity contribution in [3.05, 3.63) is 289 Å². The zero-order valence-electron chi connectivity index (χ0n) is 38.2. The van der Waals surface area contributed by atoms with Crippen LogP contribution in [0.3, 0.4) is 0 Å². The molecule has 11 aromatic rings. The molecule has 2 aliphatic rings. The molecule has 69 heavy (non-hydrogen) atoms. The van der Waals surface area contributed by atoms with Crippen molar-refractivity contribution in [1.29, 1.82) is 0 Å². The van der Waals surface area contributed by atoms with Gasteiger partial charge in [-0.25, -0.2) is 0 Å². The Bertz CT molecular complexity index is 3730. The van der Waals surface area contributed by atoms with Crippen molar-refractivity contribution < 1.29 is 0 Å². The summed E-state index contributed by atoms with van der Waals surface area (Å²) in [4.78, 5) is 2.44. The highest BCUT2D eigenvalue weighted by Gasteiger charge is 2.47. The first kappa shape index (κ1) is 40.5. The van der Waals surface area contributed by atoms with Gasteiger partial charge in [-0.2, -0.15) is 0 Å². The van der Waals surface area contributed by atoms with Gasteiger partial charge in [0, 0.05) is 33.5 Å². The summed E-state index contributed by atoms with van der Waals surface area (Å²) in [5, 5.41) is 2.50. The van der Waals surface area contributed by atoms with E-state index in [-0.39, 0.29) is 0 Å². The Morgan fingerprint density at radius 1 is 0.362 bits per heavy atom. The lowest BCUT2D eigenvalue weighted by atomic mass is 9.66. The smallest absolute Gasteiger partial charge is 0.0711 e. The fraction of sp³-hybridized carbons (Fsp3) is 0.0448. The molecule has 0 N–H and O–H groups in total. The van der Waals surface area contributed by atoms with Crippen LogP contribution in [0.5, 0.6) is 0 Å². The quantitative estimate of drug-likeness (QED) is 0.140. The van der Waals surface area contributed by atoms with Crippen LogP contribution in [0, 0.1) is 0 Å². The minimum absolute atomic E-state index is 0.529. The largest absolute Gasteiger partial charge is 0.310 e. The molecule has 0 amide bonds. The van der Waals surface area contributed by atoms with Gasteiger partial charge in [0.1, 0.15) is 0 Å². The molecule has 10 aromatic carbocycles. The zero-order valence-corrected chi connectivity index (χ0v) is 38.2. The van der Waals surface area contributed by atoms with Gasteiger partial charge in [-0.05, 0) is 152 Å². The van der Waals surface area contributed by atoms with E-state index in [1.165, 1.54) is 88.6 Å². The van der Waals surface area contributed by atoms with Crippen molar-refractivity contribution in [1.82, 2.24) is 4.57 Å². The Morgan fingerprint density at radius 2 is 0.855 bits per heavy atom. The van der Waals surface area contributed by atoms with Crippen LogP contribution in [-0.4, -0.2) is 4.57 Å². The molecule has 2 nitrogen and oxygen atoms in total. The molecule has 1 atom stereocenters. The average molecular weight is 881 g/mol. The molecule has 0 fully saturated rings. The summed E-state index contributed by atoms with van der Waals surface area (Å²) in [5.41, 5.74) is 21.3. The van der Waals surface area contributed by atoms with E-state index in [2.05, 4.69) is 276 Å². The highest BCUT2D eigenvalue weighted by atomic mass is 15.1. The maximum atomic E-state index is 2.49. The van der Waals surface area contributed by atoms with E-state index in [0.717, 1.165) is 35.6 Å². The minimum atomic E-state index is -0.529. The summed E-state index contributed by atoms with van der Waals surface area (Å²) in [7, 11) is 0. The standard InChI is InChI=1S/C67H48N2/c1-6-18-47(19-7-1)49-30-36-56(37-31-49)68(57-38-32-50(33-39-57)51-35-43-66-62(44-51)61-28-16-17-29-65(61)69(66)55-26-14-5-15-27-55)58-40-42-60-59-41-34-52(48-20-8-2-9-21-48)45-63(59)67(64(60)46-58,53-22-10-3-11-23-53)54-24-12-4-13-25-54/h1-3,5-12,14-46H,4,13H2. The Balaban J connectivity index is 0.975. The second-order valence-corrected chi connectivity index (χ2v) is 18.3. The van der Waals surface area contributed by atoms with Crippen molar-refractivity contribution in [2.45, 2.75) is 18.3 Å². The number of rotatable bonds is 9. The van der Waals surface area contributed by atoms with Crippen molar-refractivity contribution in [3.8, 4) is 50.2 Å². The summed E-state index contributed by atoms with van der Waals surface area (Å²) in [6.45, 7) is 0. The van der Waals surface area contributed by atoms with Crippen molar-refractivity contribution >= 4 is 38.9 Å². The molecule has 1 unspecified atom stereocenters. The number of hydrogen-bond acceptors (Lipinski definition) is 1. The third kappa shape index (κ3) is 6.79. The first-order valence-electron chi connectivity index (χ1n) is 24.1. The molecule has 1 heterocycles. The highest BCUT2D eigenvalue weighted by Crippen LogP contribution is 2.59. The number of anilines is 3. The number of benzene rings is 10. The van der Waals surface area contributed by atoms with Gasteiger partial charge in [-0.15, -0.1) is 0 Å². The van der Waals surface area contributed by atoms with Gasteiger partial charge < -0.3 is 9.47 Å². The molecule has 2 heteroatoms. The van der Waals surface area contributed by atoms with E-state index in [0.29, 0.717) is 0 Å². The molecule has 2 aliphatic carbocycles. The Kier molecular flexibility index (Phi) is 9.91. The normalized spacial score (nSPS) is 14.9. The van der Waals surface area contributed by atoms with E-state index >= 15 is 0 Å². The van der Waals surface area contributed by atoms with Crippen LogP contribution in [-0.2, 0) is 5.41 Å². The molecule has 13 rings (SSSR count). The maximum absolute atomic E-state index is 2.49. The van der Waals surface area contributed by atoms with Crippen LogP contribution in [0.2, 0.25) is 0 Å². The number of hydrogen-bond donors (Lipinski definition) is 0. The Hall–Kier alpha value is -8.72. The Labute approximate surface area is 404 Å². The van der Waals surface area contributed by atoms with E-state index < -0.39 is 5.41 Å². The van der Waals surface area contributed by atoms with Gasteiger partial charge in [0.05, 0.1) is 16.4 Å². The van der Waals surface area contributed by atoms with Crippen molar-refractivity contribution in [3.63, 3.8) is 0 Å². The van der Waals surface area contributed by atoms with E-state index in [9.17, 15) is 0 Å². The predicted octanol–water partition coefficient (Wildman–Crippen LogP) is 17.8. The van der Waals surface area contributed by atoms with E-state index in [1.54, 1.807) is 0 Å². The predicted molar refractivity (Wildman–Crippen MR) is 290 cm³/mol. The summed E-state index contributed by atoms with van der Waals surface area (Å²) in [6.07, 6.45) is 9.31. The number of fused-ring (bicyclic) bond motifs is 6. The average Bonchev–Trinajstić information content (AvgIpc) is 3.92. The SMILES string of the molecule is C1=CC(C2(c3ccccc3)c3cc(-c4ccccc4)ccc3-c3ccc(N(c4ccc(-c5ccccc5)cc4)c4ccc(-c5ccc6c(c5)c5ccccc5n6-c5ccccc5)cc4)cc32)=CCC1. The van der Waals surface area contributed by atoms with Crippen molar-refractivity contribution in [2.75, 3.05) is 4.90 Å². The van der Waals surface area contributed by atoms with Crippen molar-refractivity contribution in [2.24, 2.45) is 0 Å². The molecular formula is C67H48N2. The molecule has 1 aromatic heterocycles. The summed E-state index contributed by atoms with van der Waals surface area (Å²) >= 11 is 0. The summed E-state index contributed by atoms with van der Waals surface area (Å²) in [5.74, 6) is 0. The number of nitrogens with zero attached hydrogens (tertiary/aromatic N) is 2. The van der Waals surface area contributed by atoms with Crippen LogP contribution in [0.15, 0.2) is 273 Å². The topological polar surface area (TPSA) is 8.17 Å². The van der Waals surface area contributed by atoms with Crippen LogP contribution in [0.4, 0.5) is 17.1 Å². The first-order chi connectivity index (χ1) is 34.2. The molecule has 0 saturated heterocycles. The molecular weight excluding hydrogens is 833 g/mol. The lowest BCUT2D eigenvalue weighted by molar-refractivity contribution is 0.752. The first-order valence-corrected chi connectivity index (χ1v) is 24.1. The van der Waals surface area contributed by atoms with Crippen LogP contribution in [0.1, 0.15) is 29.5 Å². The summed E-state index contributed by atoms with van der Waals surface area (Å²) < 4.78 is 2.38. The molecule has 0 bridgehead atoms. The monoisotopic (exact) mass is 880 g/mol. The van der Waals surface area contributed by atoms with Crippen LogP contribution in [0.25, 0.3) is 72.0 Å². The second kappa shape index (κ2) is 16.9. The van der Waals surface area contributed by atoms with Gasteiger partial charge in [-0.1, -0.05) is 194 Å². The molecule has 0 radical (unpaired) electrons. The Morgan fingerprint density at radius 3 is 1.52 bits per heavy atom. The fourth-order valence-electron chi connectivity index (χ4n) is 11.3. The lowest BCUT2D eigenvalue weighted by Crippen LogP contribution is -2.30. The van der Waals surface area contributed by atoms with Gasteiger partial charge in [0.2, 0.25) is 0 Å². The van der Waals surface area contributed by atoms with E-state index in [1.807, 2.05) is 0 Å². The summed E-state index contributed by atoms with van der Waals surface area (Å²) in [6, 6.07) is 91.6. The lowest BCUT2D eigenvalue weighted by Gasteiger charge is -2.36. The minimum Gasteiger partial charge on any atom is -0.310 e. The maximum Gasteiger partial charge on any atom is 0.0711 e. The third-order valence-corrected chi connectivity index (χ3v) is 14.5.